The molecule has 0 spiro atoms. The minimum absolute atomic E-state index is 0.581. The van der Waals surface area contributed by atoms with Gasteiger partial charge in [-0.25, -0.2) is 0 Å². The summed E-state index contributed by atoms with van der Waals surface area (Å²) in [5.74, 6) is 0.917. The summed E-state index contributed by atoms with van der Waals surface area (Å²) in [6, 6.07) is 8.87. The Morgan fingerprint density at radius 2 is 1.95 bits per heavy atom. The Hall–Kier alpha value is -0.530. The first-order valence-corrected chi connectivity index (χ1v) is 8.64. The second kappa shape index (κ2) is 8.69. The van der Waals surface area contributed by atoms with Gasteiger partial charge in [0.05, 0.1) is 0 Å². The molecule has 1 aliphatic rings. The zero-order chi connectivity index (χ0) is 14.2. The molecule has 0 aromatic heterocycles. The number of halogens is 1. The van der Waals surface area contributed by atoms with Crippen LogP contribution in [0.5, 0.6) is 0 Å². The van der Waals surface area contributed by atoms with E-state index in [-0.39, 0.29) is 0 Å². The zero-order valence-corrected chi connectivity index (χ0v) is 13.5. The average molecular weight is 294 g/mol. The normalized spacial score (nSPS) is 18.1. The zero-order valence-electron chi connectivity index (χ0n) is 12.7. The minimum atomic E-state index is 0.581. The Morgan fingerprint density at radius 1 is 1.20 bits per heavy atom. The molecule has 1 N–H and O–H groups in total. The number of hydrogen-bond acceptors (Lipinski definition) is 1. The van der Waals surface area contributed by atoms with Gasteiger partial charge in [0.25, 0.3) is 0 Å². The summed E-state index contributed by atoms with van der Waals surface area (Å²) in [6.07, 6.45) is 10.7. The molecule has 0 heterocycles. The second-order valence-electron chi connectivity index (χ2n) is 6.19. The fraction of sp³-hybridized carbons (Fsp3) is 0.667. The van der Waals surface area contributed by atoms with Gasteiger partial charge in [0, 0.05) is 11.1 Å². The Labute approximate surface area is 129 Å². The van der Waals surface area contributed by atoms with Crippen molar-refractivity contribution < 1.29 is 0 Å². The molecule has 0 saturated heterocycles. The van der Waals surface area contributed by atoms with Crippen molar-refractivity contribution in [3.63, 3.8) is 0 Å². The summed E-state index contributed by atoms with van der Waals surface area (Å²) >= 11 is 6.32. The maximum atomic E-state index is 6.32. The minimum Gasteiger partial charge on any atom is -0.314 e. The van der Waals surface area contributed by atoms with E-state index in [0.29, 0.717) is 6.04 Å². The topological polar surface area (TPSA) is 12.0 Å². The number of benzene rings is 1. The lowest BCUT2D eigenvalue weighted by Gasteiger charge is -2.27. The Kier molecular flexibility index (Phi) is 6.89. The second-order valence-corrected chi connectivity index (χ2v) is 6.59. The van der Waals surface area contributed by atoms with E-state index in [4.69, 9.17) is 11.6 Å². The third kappa shape index (κ3) is 5.10. The fourth-order valence-electron chi connectivity index (χ4n) is 3.34. The number of rotatable bonds is 7. The molecule has 20 heavy (non-hydrogen) atoms. The molecule has 0 amide bonds. The van der Waals surface area contributed by atoms with Crippen LogP contribution in [0.25, 0.3) is 0 Å². The molecule has 1 aromatic rings. The molecule has 1 aliphatic carbocycles. The van der Waals surface area contributed by atoms with E-state index in [1.165, 1.54) is 50.5 Å². The van der Waals surface area contributed by atoms with Gasteiger partial charge in [-0.15, -0.1) is 0 Å². The van der Waals surface area contributed by atoms with Crippen LogP contribution in [0.1, 0.15) is 57.4 Å². The fourth-order valence-corrected chi connectivity index (χ4v) is 3.55. The van der Waals surface area contributed by atoms with Crippen LogP contribution < -0.4 is 5.32 Å². The van der Waals surface area contributed by atoms with Crippen molar-refractivity contribution in [1.82, 2.24) is 5.32 Å². The molecule has 0 bridgehead atoms. The third-order valence-corrected chi connectivity index (χ3v) is 4.82. The number of nitrogens with one attached hydrogen (secondary N) is 1. The first-order valence-electron chi connectivity index (χ1n) is 8.26. The van der Waals surface area contributed by atoms with E-state index >= 15 is 0 Å². The van der Waals surface area contributed by atoms with Crippen LogP contribution >= 0.6 is 11.6 Å². The van der Waals surface area contributed by atoms with Crippen LogP contribution in [0.15, 0.2) is 24.3 Å². The number of hydrogen-bond donors (Lipinski definition) is 1. The Morgan fingerprint density at radius 3 is 2.65 bits per heavy atom. The van der Waals surface area contributed by atoms with Crippen LogP contribution in [0.2, 0.25) is 5.02 Å². The molecule has 0 radical (unpaired) electrons. The smallest absolute Gasteiger partial charge is 0.0438 e. The van der Waals surface area contributed by atoms with E-state index < -0.39 is 0 Å². The van der Waals surface area contributed by atoms with Crippen molar-refractivity contribution in [3.05, 3.63) is 34.9 Å². The molecular weight excluding hydrogens is 266 g/mol. The van der Waals surface area contributed by atoms with Gasteiger partial charge in [0.1, 0.15) is 0 Å². The summed E-state index contributed by atoms with van der Waals surface area (Å²) in [4.78, 5) is 0. The third-order valence-electron chi connectivity index (χ3n) is 4.45. The molecule has 0 aliphatic heterocycles. The van der Waals surface area contributed by atoms with E-state index in [1.807, 2.05) is 12.1 Å². The molecule has 2 rings (SSSR count). The van der Waals surface area contributed by atoms with E-state index in [0.717, 1.165) is 23.9 Å². The standard InChI is InChI=1S/C18H28ClN/c1-2-12-20-17(13-15-8-4-3-5-9-15)14-16-10-6-7-11-18(16)19/h6-7,10-11,15,17,20H,2-5,8-9,12-14H2,1H3. The van der Waals surface area contributed by atoms with Gasteiger partial charge in [-0.1, -0.05) is 68.8 Å². The quantitative estimate of drug-likeness (QED) is 0.726. The maximum Gasteiger partial charge on any atom is 0.0438 e. The van der Waals surface area contributed by atoms with Gasteiger partial charge < -0.3 is 5.32 Å². The highest BCUT2D eigenvalue weighted by Gasteiger charge is 2.19. The predicted octanol–water partition coefficient (Wildman–Crippen LogP) is 5.22. The highest BCUT2D eigenvalue weighted by Crippen LogP contribution is 2.28. The van der Waals surface area contributed by atoms with E-state index in [1.54, 1.807) is 0 Å². The van der Waals surface area contributed by atoms with Crippen molar-refractivity contribution >= 4 is 11.6 Å². The summed E-state index contributed by atoms with van der Waals surface area (Å²) in [7, 11) is 0. The molecule has 1 unspecified atom stereocenters. The highest BCUT2D eigenvalue weighted by molar-refractivity contribution is 6.31. The van der Waals surface area contributed by atoms with Crippen molar-refractivity contribution in [2.45, 2.75) is 64.3 Å². The van der Waals surface area contributed by atoms with Crippen LogP contribution in [0, 0.1) is 5.92 Å². The molecule has 112 valence electrons. The molecule has 1 nitrogen and oxygen atoms in total. The van der Waals surface area contributed by atoms with Crippen LogP contribution in [-0.4, -0.2) is 12.6 Å². The molecule has 1 fully saturated rings. The predicted molar refractivity (Wildman–Crippen MR) is 88.4 cm³/mol. The van der Waals surface area contributed by atoms with Gasteiger partial charge in [0.15, 0.2) is 0 Å². The summed E-state index contributed by atoms with van der Waals surface area (Å²) in [6.45, 7) is 3.35. The average Bonchev–Trinajstić information content (AvgIpc) is 2.48. The molecule has 1 atom stereocenters. The van der Waals surface area contributed by atoms with Crippen molar-refractivity contribution in [1.29, 1.82) is 0 Å². The van der Waals surface area contributed by atoms with Crippen molar-refractivity contribution in [3.8, 4) is 0 Å². The molecular formula is C18H28ClN. The van der Waals surface area contributed by atoms with Gasteiger partial charge in [-0.05, 0) is 43.4 Å². The van der Waals surface area contributed by atoms with E-state index in [2.05, 4.69) is 24.4 Å². The highest BCUT2D eigenvalue weighted by atomic mass is 35.5. The summed E-state index contributed by atoms with van der Waals surface area (Å²) in [5, 5.41) is 4.65. The Balaban J connectivity index is 1.93. The molecule has 1 saturated carbocycles. The van der Waals surface area contributed by atoms with Gasteiger partial charge in [-0.2, -0.15) is 0 Å². The van der Waals surface area contributed by atoms with Crippen LogP contribution in [-0.2, 0) is 6.42 Å². The Bertz CT molecular complexity index is 385. The lowest BCUT2D eigenvalue weighted by Crippen LogP contribution is -2.34. The van der Waals surface area contributed by atoms with Crippen LogP contribution in [0.3, 0.4) is 0 Å². The first-order chi connectivity index (χ1) is 9.79. The van der Waals surface area contributed by atoms with E-state index in [9.17, 15) is 0 Å². The van der Waals surface area contributed by atoms with Gasteiger partial charge in [0.2, 0.25) is 0 Å². The van der Waals surface area contributed by atoms with Crippen LogP contribution in [0.4, 0.5) is 0 Å². The first kappa shape index (κ1) is 15.9. The molecule has 2 heteroatoms. The van der Waals surface area contributed by atoms with Gasteiger partial charge >= 0.3 is 0 Å². The lowest BCUT2D eigenvalue weighted by atomic mass is 9.83. The largest absolute Gasteiger partial charge is 0.314 e. The summed E-state index contributed by atoms with van der Waals surface area (Å²) in [5.41, 5.74) is 1.29. The monoisotopic (exact) mass is 293 g/mol. The van der Waals surface area contributed by atoms with Crippen molar-refractivity contribution in [2.24, 2.45) is 5.92 Å². The van der Waals surface area contributed by atoms with Crippen molar-refractivity contribution in [2.75, 3.05) is 6.54 Å². The SMILES string of the molecule is CCCNC(Cc1ccccc1Cl)CC1CCCCC1. The molecule has 1 aromatic carbocycles. The summed E-state index contributed by atoms with van der Waals surface area (Å²) < 4.78 is 0. The maximum absolute atomic E-state index is 6.32. The lowest BCUT2D eigenvalue weighted by molar-refractivity contribution is 0.296. The van der Waals surface area contributed by atoms with Gasteiger partial charge in [-0.3, -0.25) is 0 Å².